The van der Waals surface area contributed by atoms with E-state index in [1.165, 1.54) is 18.4 Å². The van der Waals surface area contributed by atoms with Crippen LogP contribution in [0.1, 0.15) is 31.2 Å². The first-order valence-corrected chi connectivity index (χ1v) is 7.24. The first-order valence-electron chi connectivity index (χ1n) is 7.24. The highest BCUT2D eigenvalue weighted by atomic mass is 16.4. The number of rotatable bonds is 4. The fraction of sp³-hybridized carbons (Fsp3) is 0.562. The zero-order valence-corrected chi connectivity index (χ0v) is 11.1. The molecule has 0 saturated carbocycles. The Hall–Kier alpha value is -1.35. The van der Waals surface area contributed by atoms with E-state index in [9.17, 15) is 4.79 Å². The highest BCUT2D eigenvalue weighted by molar-refractivity contribution is 5.67. The Balaban J connectivity index is 1.76. The second-order valence-electron chi connectivity index (χ2n) is 5.99. The highest BCUT2D eigenvalue weighted by Crippen LogP contribution is 2.39. The smallest absolute Gasteiger partial charge is 0.303 e. The summed E-state index contributed by atoms with van der Waals surface area (Å²) in [7, 11) is 0. The fourth-order valence-electron chi connectivity index (χ4n) is 3.90. The van der Waals surface area contributed by atoms with Gasteiger partial charge in [0.25, 0.3) is 0 Å². The molecule has 3 nitrogen and oxygen atoms in total. The molecule has 2 bridgehead atoms. The average molecular weight is 259 g/mol. The van der Waals surface area contributed by atoms with Crippen molar-refractivity contribution >= 4 is 5.97 Å². The van der Waals surface area contributed by atoms with Crippen molar-refractivity contribution in [2.45, 2.75) is 44.2 Å². The molecule has 2 fully saturated rings. The predicted octanol–water partition coefficient (Wildman–Crippen LogP) is 2.46. The number of carbonyl (C=O) groups is 1. The minimum absolute atomic E-state index is 0.326. The summed E-state index contributed by atoms with van der Waals surface area (Å²) in [6.45, 7) is 0. The van der Waals surface area contributed by atoms with Crippen molar-refractivity contribution in [3.05, 3.63) is 35.9 Å². The van der Waals surface area contributed by atoms with Gasteiger partial charge in [0.05, 0.1) is 0 Å². The number of carboxylic acids is 1. The van der Waals surface area contributed by atoms with Crippen molar-refractivity contribution in [1.29, 1.82) is 0 Å². The van der Waals surface area contributed by atoms with Crippen LogP contribution < -0.4 is 5.32 Å². The van der Waals surface area contributed by atoms with Crippen LogP contribution in [0, 0.1) is 11.8 Å². The van der Waals surface area contributed by atoms with Crippen molar-refractivity contribution in [2.75, 3.05) is 0 Å². The average Bonchev–Trinajstić information content (AvgIpc) is 2.78. The number of fused-ring (bicyclic) bond motifs is 2. The van der Waals surface area contributed by atoms with Crippen molar-refractivity contribution in [2.24, 2.45) is 11.8 Å². The van der Waals surface area contributed by atoms with Gasteiger partial charge in [-0.25, -0.2) is 0 Å². The van der Waals surface area contributed by atoms with E-state index >= 15 is 0 Å². The molecule has 2 saturated heterocycles. The third kappa shape index (κ3) is 2.81. The minimum Gasteiger partial charge on any atom is -0.481 e. The van der Waals surface area contributed by atoms with E-state index < -0.39 is 5.97 Å². The number of aliphatic carboxylic acids is 1. The molecular weight excluding hydrogens is 238 g/mol. The Bertz CT molecular complexity index is 445. The summed E-state index contributed by atoms with van der Waals surface area (Å²) in [6, 6.07) is 11.5. The van der Waals surface area contributed by atoms with E-state index in [0.29, 0.717) is 30.3 Å². The maximum absolute atomic E-state index is 11.1. The van der Waals surface area contributed by atoms with Crippen LogP contribution in [0.15, 0.2) is 30.3 Å². The second kappa shape index (κ2) is 5.33. The third-order valence-corrected chi connectivity index (χ3v) is 4.74. The van der Waals surface area contributed by atoms with Crippen LogP contribution in [-0.2, 0) is 11.2 Å². The summed E-state index contributed by atoms with van der Waals surface area (Å²) < 4.78 is 0. The van der Waals surface area contributed by atoms with Gasteiger partial charge in [0.2, 0.25) is 0 Å². The van der Waals surface area contributed by atoms with Crippen LogP contribution in [-0.4, -0.2) is 23.2 Å². The number of hydrogen-bond donors (Lipinski definition) is 2. The van der Waals surface area contributed by atoms with Gasteiger partial charge in [0.1, 0.15) is 0 Å². The number of benzene rings is 1. The zero-order chi connectivity index (χ0) is 13.2. The Morgan fingerprint density at radius 3 is 2.79 bits per heavy atom. The lowest BCUT2D eigenvalue weighted by Crippen LogP contribution is -2.46. The summed E-state index contributed by atoms with van der Waals surface area (Å²) in [4.78, 5) is 11.1. The van der Waals surface area contributed by atoms with Gasteiger partial charge in [-0.3, -0.25) is 4.79 Å². The van der Waals surface area contributed by atoms with E-state index in [1.807, 2.05) is 6.07 Å². The predicted molar refractivity (Wildman–Crippen MR) is 73.9 cm³/mol. The van der Waals surface area contributed by atoms with Gasteiger partial charge < -0.3 is 10.4 Å². The summed E-state index contributed by atoms with van der Waals surface area (Å²) in [6.07, 6.45) is 4.78. The molecule has 0 radical (unpaired) electrons. The van der Waals surface area contributed by atoms with E-state index in [-0.39, 0.29) is 0 Å². The second-order valence-corrected chi connectivity index (χ2v) is 5.99. The quantitative estimate of drug-likeness (QED) is 0.873. The normalized spacial score (nSPS) is 33.3. The molecule has 1 aromatic rings. The molecule has 0 amide bonds. The molecule has 2 heterocycles. The topological polar surface area (TPSA) is 49.3 Å². The molecule has 3 heteroatoms. The zero-order valence-electron chi connectivity index (χ0n) is 11.1. The molecule has 0 aromatic heterocycles. The van der Waals surface area contributed by atoms with Crippen LogP contribution in [0.25, 0.3) is 0 Å². The van der Waals surface area contributed by atoms with Gasteiger partial charge in [-0.2, -0.15) is 0 Å². The standard InChI is InChI=1S/C16H21NO2/c18-16(19)10-12-9-13-6-7-15(17-13)14(12)8-11-4-2-1-3-5-11/h1-5,12-15,17H,6-10H2,(H,18,19). The van der Waals surface area contributed by atoms with Gasteiger partial charge in [-0.15, -0.1) is 0 Å². The van der Waals surface area contributed by atoms with Crippen molar-refractivity contribution < 1.29 is 9.90 Å². The molecule has 0 spiro atoms. The van der Waals surface area contributed by atoms with Crippen LogP contribution in [0.3, 0.4) is 0 Å². The molecular formula is C16H21NO2. The molecule has 2 aliphatic heterocycles. The van der Waals surface area contributed by atoms with Crippen molar-refractivity contribution in [3.63, 3.8) is 0 Å². The Morgan fingerprint density at radius 2 is 2.05 bits per heavy atom. The maximum Gasteiger partial charge on any atom is 0.303 e. The Labute approximate surface area is 114 Å². The molecule has 4 unspecified atom stereocenters. The largest absolute Gasteiger partial charge is 0.481 e. The van der Waals surface area contributed by atoms with Crippen LogP contribution in [0.5, 0.6) is 0 Å². The van der Waals surface area contributed by atoms with Crippen molar-refractivity contribution in [3.8, 4) is 0 Å². The lowest BCUT2D eigenvalue weighted by molar-refractivity contribution is -0.139. The van der Waals surface area contributed by atoms with Crippen LogP contribution >= 0.6 is 0 Å². The van der Waals surface area contributed by atoms with E-state index in [1.54, 1.807) is 0 Å². The Morgan fingerprint density at radius 1 is 1.26 bits per heavy atom. The number of piperidine rings is 1. The minimum atomic E-state index is -0.649. The molecule has 102 valence electrons. The number of carboxylic acid groups (broad SMARTS) is 1. The molecule has 1 aromatic carbocycles. The molecule has 2 N–H and O–H groups in total. The van der Waals surface area contributed by atoms with Gasteiger partial charge >= 0.3 is 5.97 Å². The molecule has 3 rings (SSSR count). The first kappa shape index (κ1) is 12.7. The molecule has 2 aliphatic rings. The summed E-state index contributed by atoms with van der Waals surface area (Å²) in [5, 5.41) is 12.8. The van der Waals surface area contributed by atoms with Crippen LogP contribution in [0.2, 0.25) is 0 Å². The number of hydrogen-bond acceptors (Lipinski definition) is 2. The van der Waals surface area contributed by atoms with Gasteiger partial charge in [0.15, 0.2) is 0 Å². The molecule has 0 aliphatic carbocycles. The monoisotopic (exact) mass is 259 g/mol. The van der Waals surface area contributed by atoms with Gasteiger partial charge in [-0.1, -0.05) is 30.3 Å². The first-order chi connectivity index (χ1) is 9.22. The van der Waals surface area contributed by atoms with Gasteiger partial charge in [-0.05, 0) is 43.1 Å². The summed E-state index contributed by atoms with van der Waals surface area (Å²) in [5.41, 5.74) is 1.33. The fourth-order valence-corrected chi connectivity index (χ4v) is 3.90. The highest BCUT2D eigenvalue weighted by Gasteiger charge is 2.41. The summed E-state index contributed by atoms with van der Waals surface area (Å²) >= 11 is 0. The SMILES string of the molecule is O=C(O)CC1CC2CCC(N2)C1Cc1ccccc1. The maximum atomic E-state index is 11.1. The molecule has 19 heavy (non-hydrogen) atoms. The number of nitrogens with one attached hydrogen (secondary N) is 1. The lowest BCUT2D eigenvalue weighted by Gasteiger charge is -2.37. The van der Waals surface area contributed by atoms with E-state index in [0.717, 1.165) is 12.8 Å². The van der Waals surface area contributed by atoms with Crippen molar-refractivity contribution in [1.82, 2.24) is 5.32 Å². The van der Waals surface area contributed by atoms with Gasteiger partial charge in [0, 0.05) is 18.5 Å². The summed E-state index contributed by atoms with van der Waals surface area (Å²) in [5.74, 6) is 0.151. The van der Waals surface area contributed by atoms with E-state index in [4.69, 9.17) is 5.11 Å². The molecule has 4 atom stereocenters. The Kier molecular flexibility index (Phi) is 3.56. The third-order valence-electron chi connectivity index (χ3n) is 4.74. The van der Waals surface area contributed by atoms with Crippen LogP contribution in [0.4, 0.5) is 0 Å². The lowest BCUT2D eigenvalue weighted by atomic mass is 9.76. The van der Waals surface area contributed by atoms with E-state index in [2.05, 4.69) is 29.6 Å².